The molecule has 7 nitrogen and oxygen atoms in total. The Kier molecular flexibility index (Phi) is 6.12. The number of nitrogens with zero attached hydrogens (tertiary/aromatic N) is 1. The summed E-state index contributed by atoms with van der Waals surface area (Å²) in [6, 6.07) is 7.11. The predicted molar refractivity (Wildman–Crippen MR) is 104 cm³/mol. The van der Waals surface area contributed by atoms with E-state index in [9.17, 15) is 13.2 Å². The fourth-order valence-corrected chi connectivity index (χ4v) is 5.19. The molecule has 1 amide bonds. The van der Waals surface area contributed by atoms with Crippen LogP contribution in [0.2, 0.25) is 0 Å². The van der Waals surface area contributed by atoms with Crippen molar-refractivity contribution in [1.82, 2.24) is 15.2 Å². The van der Waals surface area contributed by atoms with Crippen molar-refractivity contribution in [2.75, 3.05) is 18.9 Å². The van der Waals surface area contributed by atoms with Crippen molar-refractivity contribution >= 4 is 21.6 Å². The first-order chi connectivity index (χ1) is 11.9. The Hall–Kier alpha value is -1.48. The van der Waals surface area contributed by atoms with Crippen LogP contribution in [0.5, 0.6) is 0 Å². The summed E-state index contributed by atoms with van der Waals surface area (Å²) in [5, 5.41) is 2.23. The van der Waals surface area contributed by atoms with E-state index in [0.717, 1.165) is 9.87 Å². The summed E-state index contributed by atoms with van der Waals surface area (Å²) in [5.74, 6) is -0.355. The number of carbonyl (C=O) groups excluding carboxylic acids is 1. The van der Waals surface area contributed by atoms with E-state index in [2.05, 4.69) is 36.9 Å². The Labute approximate surface area is 156 Å². The molecular weight excluding hydrogens is 352 g/mol. The van der Waals surface area contributed by atoms with E-state index < -0.39 is 15.3 Å². The molecule has 1 aliphatic heterocycles. The van der Waals surface area contributed by atoms with Crippen molar-refractivity contribution in [2.45, 2.75) is 57.4 Å². The first-order valence-corrected chi connectivity index (χ1v) is 10.3. The second-order valence-corrected chi connectivity index (χ2v) is 10.2. The topological polar surface area (TPSA) is 90.5 Å². The largest absolute Gasteiger partial charge is 0.325 e. The Morgan fingerprint density at radius 3 is 2.23 bits per heavy atom. The SMILES string of the molecule is CC1NNC(C)C1S(=O)(=O)N(C)CC(=O)Nc1ccccc1C(C)(C)C. The molecule has 1 aliphatic rings. The lowest BCUT2D eigenvalue weighted by atomic mass is 9.86. The summed E-state index contributed by atoms with van der Waals surface area (Å²) in [6.45, 7) is 9.60. The number of likely N-dealkylation sites (N-methyl/N-ethyl adjacent to an activating group) is 1. The number of benzene rings is 1. The summed E-state index contributed by atoms with van der Waals surface area (Å²) in [6.07, 6.45) is 0. The minimum atomic E-state index is -3.62. The van der Waals surface area contributed by atoms with Crippen LogP contribution >= 0.6 is 0 Å². The Morgan fingerprint density at radius 2 is 1.69 bits per heavy atom. The average Bonchev–Trinajstić information content (AvgIpc) is 2.86. The van der Waals surface area contributed by atoms with Gasteiger partial charge in [-0.25, -0.2) is 8.42 Å². The molecule has 2 rings (SSSR count). The Morgan fingerprint density at radius 1 is 1.15 bits per heavy atom. The van der Waals surface area contributed by atoms with Gasteiger partial charge in [0.2, 0.25) is 15.9 Å². The van der Waals surface area contributed by atoms with Gasteiger partial charge in [-0.05, 0) is 30.9 Å². The van der Waals surface area contributed by atoms with Crippen molar-refractivity contribution in [3.63, 3.8) is 0 Å². The lowest BCUT2D eigenvalue weighted by Gasteiger charge is -2.26. The van der Waals surface area contributed by atoms with Gasteiger partial charge in [-0.2, -0.15) is 4.31 Å². The van der Waals surface area contributed by atoms with Crippen molar-refractivity contribution in [2.24, 2.45) is 0 Å². The summed E-state index contributed by atoms with van der Waals surface area (Å²) in [7, 11) is -2.17. The van der Waals surface area contributed by atoms with Crippen molar-refractivity contribution in [1.29, 1.82) is 0 Å². The normalized spacial score (nSPS) is 24.0. The van der Waals surface area contributed by atoms with Crippen LogP contribution in [0.1, 0.15) is 40.2 Å². The van der Waals surface area contributed by atoms with Gasteiger partial charge in [0.15, 0.2) is 0 Å². The van der Waals surface area contributed by atoms with Crippen molar-refractivity contribution in [3.05, 3.63) is 29.8 Å². The second kappa shape index (κ2) is 7.64. The highest BCUT2D eigenvalue weighted by atomic mass is 32.2. The number of hydrogen-bond donors (Lipinski definition) is 3. The van der Waals surface area contributed by atoms with Crippen LogP contribution in [0.25, 0.3) is 0 Å². The molecule has 0 aliphatic carbocycles. The maximum Gasteiger partial charge on any atom is 0.239 e. The molecule has 1 fully saturated rings. The van der Waals surface area contributed by atoms with E-state index in [1.807, 2.05) is 38.1 Å². The molecule has 2 unspecified atom stereocenters. The highest BCUT2D eigenvalue weighted by Gasteiger charge is 2.42. The third-order valence-electron chi connectivity index (χ3n) is 4.68. The smallest absolute Gasteiger partial charge is 0.239 e. The number of hydrogen-bond acceptors (Lipinski definition) is 5. The molecular formula is C18H30N4O3S. The third kappa shape index (κ3) is 4.43. The number of rotatable bonds is 5. The maximum absolute atomic E-state index is 12.8. The van der Waals surface area contributed by atoms with Gasteiger partial charge in [-0.1, -0.05) is 39.0 Å². The number of amides is 1. The van der Waals surface area contributed by atoms with Gasteiger partial charge >= 0.3 is 0 Å². The van der Waals surface area contributed by atoms with Gasteiger partial charge in [0, 0.05) is 24.8 Å². The van der Waals surface area contributed by atoms with Gasteiger partial charge in [-0.3, -0.25) is 15.6 Å². The van der Waals surface area contributed by atoms with E-state index in [0.29, 0.717) is 5.69 Å². The quantitative estimate of drug-likeness (QED) is 0.717. The molecule has 0 spiro atoms. The summed E-state index contributed by atoms with van der Waals surface area (Å²) < 4.78 is 26.8. The molecule has 3 N–H and O–H groups in total. The number of para-hydroxylation sites is 1. The highest BCUT2D eigenvalue weighted by molar-refractivity contribution is 7.89. The van der Waals surface area contributed by atoms with Gasteiger partial charge in [-0.15, -0.1) is 0 Å². The summed E-state index contributed by atoms with van der Waals surface area (Å²) >= 11 is 0. The van der Waals surface area contributed by atoms with E-state index in [1.165, 1.54) is 7.05 Å². The van der Waals surface area contributed by atoms with Crippen LogP contribution in [0.3, 0.4) is 0 Å². The molecule has 1 aromatic rings. The standard InChI is InChI=1S/C18H30N4O3S/c1-12-17(13(2)21-20-12)26(24,25)22(6)11-16(23)19-15-10-8-7-9-14(15)18(3,4)5/h7-10,12-13,17,20-21H,11H2,1-6H3,(H,19,23). The molecule has 146 valence electrons. The summed E-state index contributed by atoms with van der Waals surface area (Å²) in [4.78, 5) is 12.5. The number of nitrogens with one attached hydrogen (secondary N) is 3. The molecule has 26 heavy (non-hydrogen) atoms. The zero-order valence-electron chi connectivity index (χ0n) is 16.3. The number of anilines is 1. The van der Waals surface area contributed by atoms with E-state index in [4.69, 9.17) is 0 Å². The Balaban J connectivity index is 2.11. The zero-order valence-corrected chi connectivity index (χ0v) is 17.1. The average molecular weight is 383 g/mol. The van der Waals surface area contributed by atoms with Gasteiger partial charge < -0.3 is 5.32 Å². The lowest BCUT2D eigenvalue weighted by molar-refractivity contribution is -0.116. The molecule has 0 saturated carbocycles. The first kappa shape index (κ1) is 20.8. The fourth-order valence-electron chi connectivity index (χ4n) is 3.31. The molecule has 1 heterocycles. The molecule has 1 aromatic carbocycles. The van der Waals surface area contributed by atoms with Crippen LogP contribution in [0.4, 0.5) is 5.69 Å². The molecule has 0 radical (unpaired) electrons. The summed E-state index contributed by atoms with van der Waals surface area (Å²) in [5.41, 5.74) is 7.47. The number of hydrazine groups is 1. The van der Waals surface area contributed by atoms with Gasteiger partial charge in [0.25, 0.3) is 0 Å². The number of sulfonamides is 1. The highest BCUT2D eigenvalue weighted by Crippen LogP contribution is 2.29. The molecule has 0 aromatic heterocycles. The van der Waals surface area contributed by atoms with Crippen molar-refractivity contribution < 1.29 is 13.2 Å². The Bertz CT molecular complexity index is 748. The fraction of sp³-hybridized carbons (Fsp3) is 0.611. The predicted octanol–water partition coefficient (Wildman–Crippen LogP) is 1.44. The van der Waals surface area contributed by atoms with Gasteiger partial charge in [0.05, 0.1) is 6.54 Å². The molecule has 8 heteroatoms. The minimum absolute atomic E-state index is 0.131. The first-order valence-electron chi connectivity index (χ1n) is 8.80. The van der Waals surface area contributed by atoms with Crippen LogP contribution < -0.4 is 16.2 Å². The van der Waals surface area contributed by atoms with Crippen molar-refractivity contribution in [3.8, 4) is 0 Å². The lowest BCUT2D eigenvalue weighted by Crippen LogP contribution is -2.47. The van der Waals surface area contributed by atoms with Crippen LogP contribution in [0, 0.1) is 0 Å². The van der Waals surface area contributed by atoms with Crippen LogP contribution in [-0.2, 0) is 20.2 Å². The van der Waals surface area contributed by atoms with Crippen LogP contribution in [0.15, 0.2) is 24.3 Å². The minimum Gasteiger partial charge on any atom is -0.325 e. The van der Waals surface area contributed by atoms with E-state index in [1.54, 1.807) is 0 Å². The van der Waals surface area contributed by atoms with E-state index in [-0.39, 0.29) is 30.0 Å². The molecule has 2 atom stereocenters. The second-order valence-electron chi connectivity index (χ2n) is 7.98. The third-order valence-corrected chi connectivity index (χ3v) is 7.18. The zero-order chi connectivity index (χ0) is 19.7. The van der Waals surface area contributed by atoms with Gasteiger partial charge in [0.1, 0.15) is 5.25 Å². The van der Waals surface area contributed by atoms with Crippen LogP contribution in [-0.4, -0.2) is 49.6 Å². The molecule has 1 saturated heterocycles. The number of carbonyl (C=O) groups is 1. The maximum atomic E-state index is 12.8. The monoisotopic (exact) mass is 382 g/mol. The van der Waals surface area contributed by atoms with E-state index >= 15 is 0 Å². The molecule has 0 bridgehead atoms.